The Morgan fingerprint density at radius 3 is 2.33 bits per heavy atom. The van der Waals surface area contributed by atoms with Gasteiger partial charge in [-0.3, -0.25) is 14.4 Å². The molecule has 0 bridgehead atoms. The molecule has 0 spiro atoms. The molecule has 7 heteroatoms. The largest absolute Gasteiger partial charge is 0.494 e. The molecule has 0 saturated heterocycles. The number of benzene rings is 2. The first-order valence-electron chi connectivity index (χ1n) is 10.3. The lowest BCUT2D eigenvalue weighted by atomic mass is 10.0. The van der Waals surface area contributed by atoms with Crippen LogP contribution in [0.5, 0.6) is 5.75 Å². The molecule has 2 aromatic rings. The van der Waals surface area contributed by atoms with E-state index in [9.17, 15) is 14.4 Å². The molecule has 7 nitrogen and oxygen atoms in total. The highest BCUT2D eigenvalue weighted by Gasteiger charge is 2.35. The van der Waals surface area contributed by atoms with Crippen LogP contribution in [0.2, 0.25) is 0 Å². The number of aryl methyl sites for hydroxylation is 1. The van der Waals surface area contributed by atoms with Crippen LogP contribution in [-0.2, 0) is 20.8 Å². The maximum absolute atomic E-state index is 12.6. The van der Waals surface area contributed by atoms with Gasteiger partial charge < -0.3 is 20.3 Å². The van der Waals surface area contributed by atoms with Gasteiger partial charge in [-0.2, -0.15) is 0 Å². The standard InChI is InChI=1S/C23H25N3O4/c1-2-30-19-11-9-17(10-12-19)24-21(27)22(28)25-18-8-7-15-4-3-13-26(20(15)14-18)23(29)16-5-6-16/h7-12,14,16H,2-6,13H2,1H3,(H,24,27)(H,25,28). The summed E-state index contributed by atoms with van der Waals surface area (Å²) in [5.41, 5.74) is 2.93. The van der Waals surface area contributed by atoms with Gasteiger partial charge in [0.25, 0.3) is 0 Å². The molecule has 4 rings (SSSR count). The molecular formula is C23H25N3O4. The van der Waals surface area contributed by atoms with Gasteiger partial charge in [-0.05, 0) is 74.6 Å². The van der Waals surface area contributed by atoms with Crippen LogP contribution in [0.25, 0.3) is 0 Å². The second-order valence-electron chi connectivity index (χ2n) is 7.58. The normalized spacial score (nSPS) is 15.2. The van der Waals surface area contributed by atoms with E-state index >= 15 is 0 Å². The summed E-state index contributed by atoms with van der Waals surface area (Å²) in [6.45, 7) is 3.14. The van der Waals surface area contributed by atoms with Crippen molar-refractivity contribution in [2.24, 2.45) is 5.92 Å². The van der Waals surface area contributed by atoms with E-state index in [1.54, 1.807) is 36.4 Å². The third-order valence-corrected chi connectivity index (χ3v) is 5.28. The number of nitrogens with zero attached hydrogens (tertiary/aromatic N) is 1. The Balaban J connectivity index is 1.42. The van der Waals surface area contributed by atoms with E-state index in [1.165, 1.54) is 0 Å². The number of ether oxygens (including phenoxy) is 1. The third-order valence-electron chi connectivity index (χ3n) is 5.28. The third kappa shape index (κ3) is 4.45. The van der Waals surface area contributed by atoms with Crippen molar-refractivity contribution in [1.82, 2.24) is 0 Å². The lowest BCUT2D eigenvalue weighted by Crippen LogP contribution is -2.36. The molecule has 1 saturated carbocycles. The van der Waals surface area contributed by atoms with Gasteiger partial charge in [0.2, 0.25) is 5.91 Å². The second-order valence-corrected chi connectivity index (χ2v) is 7.58. The van der Waals surface area contributed by atoms with Crippen LogP contribution in [0.1, 0.15) is 31.7 Å². The molecule has 1 aliphatic carbocycles. The molecule has 0 aromatic heterocycles. The van der Waals surface area contributed by atoms with Gasteiger partial charge in [-0.1, -0.05) is 6.07 Å². The number of hydrogen-bond donors (Lipinski definition) is 2. The number of carbonyl (C=O) groups excluding carboxylic acids is 3. The van der Waals surface area contributed by atoms with Crippen LogP contribution in [0.4, 0.5) is 17.1 Å². The molecule has 1 fully saturated rings. The van der Waals surface area contributed by atoms with Gasteiger partial charge in [-0.15, -0.1) is 0 Å². The van der Waals surface area contributed by atoms with Gasteiger partial charge >= 0.3 is 11.8 Å². The van der Waals surface area contributed by atoms with Crippen LogP contribution in [-0.4, -0.2) is 30.9 Å². The molecule has 2 N–H and O–H groups in total. The Hall–Kier alpha value is -3.35. The zero-order valence-corrected chi connectivity index (χ0v) is 16.9. The number of nitrogens with one attached hydrogen (secondary N) is 2. The SMILES string of the molecule is CCOc1ccc(NC(=O)C(=O)Nc2ccc3c(c2)N(C(=O)C2CC2)CCC3)cc1. The summed E-state index contributed by atoms with van der Waals surface area (Å²) in [6.07, 6.45) is 3.73. The highest BCUT2D eigenvalue weighted by atomic mass is 16.5. The lowest BCUT2D eigenvalue weighted by molar-refractivity contribution is -0.132. The topological polar surface area (TPSA) is 87.7 Å². The highest BCUT2D eigenvalue weighted by Crippen LogP contribution is 2.36. The van der Waals surface area contributed by atoms with Crippen molar-refractivity contribution in [3.05, 3.63) is 48.0 Å². The van der Waals surface area contributed by atoms with Crippen LogP contribution in [0.3, 0.4) is 0 Å². The van der Waals surface area contributed by atoms with Crippen LogP contribution >= 0.6 is 0 Å². The Labute approximate surface area is 175 Å². The van der Waals surface area contributed by atoms with Crippen LogP contribution < -0.4 is 20.3 Å². The quantitative estimate of drug-likeness (QED) is 0.744. The molecule has 0 unspecified atom stereocenters. The number of amides is 3. The van der Waals surface area contributed by atoms with E-state index in [1.807, 2.05) is 17.9 Å². The molecule has 156 valence electrons. The first kappa shape index (κ1) is 19.9. The Kier molecular flexibility index (Phi) is 5.70. The minimum atomic E-state index is -0.764. The zero-order valence-electron chi connectivity index (χ0n) is 16.9. The van der Waals surface area contributed by atoms with Crippen LogP contribution in [0.15, 0.2) is 42.5 Å². The molecule has 3 amide bonds. The molecule has 0 radical (unpaired) electrons. The summed E-state index contributed by atoms with van der Waals surface area (Å²) in [4.78, 5) is 39.1. The van der Waals surface area contributed by atoms with Gasteiger partial charge in [0.15, 0.2) is 0 Å². The summed E-state index contributed by atoms with van der Waals surface area (Å²) in [5.74, 6) is -0.538. The minimum absolute atomic E-state index is 0.133. The fraction of sp³-hybridized carbons (Fsp3) is 0.348. The molecule has 1 aliphatic heterocycles. The summed E-state index contributed by atoms with van der Waals surface area (Å²) in [7, 11) is 0. The van der Waals surface area contributed by atoms with E-state index in [0.29, 0.717) is 30.3 Å². The van der Waals surface area contributed by atoms with Gasteiger partial charge in [-0.25, -0.2) is 0 Å². The fourth-order valence-corrected chi connectivity index (χ4v) is 3.61. The summed E-state index contributed by atoms with van der Waals surface area (Å²) in [5, 5.41) is 5.21. The average Bonchev–Trinajstić information content (AvgIpc) is 3.60. The number of fused-ring (bicyclic) bond motifs is 1. The maximum Gasteiger partial charge on any atom is 0.314 e. The monoisotopic (exact) mass is 407 g/mol. The lowest BCUT2D eigenvalue weighted by Gasteiger charge is -2.30. The predicted octanol–water partition coefficient (Wildman–Crippen LogP) is 3.35. The molecule has 0 atom stereocenters. The first-order chi connectivity index (χ1) is 14.5. The smallest absolute Gasteiger partial charge is 0.314 e. The summed E-state index contributed by atoms with van der Waals surface area (Å²) < 4.78 is 5.36. The fourth-order valence-electron chi connectivity index (χ4n) is 3.61. The molecule has 2 aromatic carbocycles. The molecule has 30 heavy (non-hydrogen) atoms. The molecule has 2 aliphatic rings. The Bertz CT molecular complexity index is 967. The van der Waals surface area contributed by atoms with E-state index in [2.05, 4.69) is 10.6 Å². The van der Waals surface area contributed by atoms with E-state index in [-0.39, 0.29) is 11.8 Å². The summed E-state index contributed by atoms with van der Waals surface area (Å²) in [6, 6.07) is 12.3. The van der Waals surface area contributed by atoms with Crippen molar-refractivity contribution in [1.29, 1.82) is 0 Å². The number of rotatable bonds is 5. The van der Waals surface area contributed by atoms with Gasteiger partial charge in [0.1, 0.15) is 5.75 Å². The van der Waals surface area contributed by atoms with Gasteiger partial charge in [0, 0.05) is 29.5 Å². The van der Waals surface area contributed by atoms with Crippen molar-refractivity contribution in [2.75, 3.05) is 28.7 Å². The minimum Gasteiger partial charge on any atom is -0.494 e. The van der Waals surface area contributed by atoms with Crippen molar-refractivity contribution < 1.29 is 19.1 Å². The van der Waals surface area contributed by atoms with Crippen molar-refractivity contribution in [3.8, 4) is 5.75 Å². The van der Waals surface area contributed by atoms with E-state index < -0.39 is 11.8 Å². The summed E-state index contributed by atoms with van der Waals surface area (Å²) >= 11 is 0. The number of carbonyl (C=O) groups is 3. The van der Waals surface area contributed by atoms with Crippen molar-refractivity contribution in [2.45, 2.75) is 32.6 Å². The highest BCUT2D eigenvalue weighted by molar-refractivity contribution is 6.43. The Morgan fingerprint density at radius 2 is 1.67 bits per heavy atom. The zero-order chi connectivity index (χ0) is 21.1. The first-order valence-corrected chi connectivity index (χ1v) is 10.3. The van der Waals surface area contributed by atoms with E-state index in [4.69, 9.17) is 4.74 Å². The average molecular weight is 407 g/mol. The number of anilines is 3. The van der Waals surface area contributed by atoms with E-state index in [0.717, 1.165) is 36.9 Å². The van der Waals surface area contributed by atoms with Crippen LogP contribution in [0, 0.1) is 5.92 Å². The van der Waals surface area contributed by atoms with Gasteiger partial charge in [0.05, 0.1) is 6.61 Å². The van der Waals surface area contributed by atoms with Crippen molar-refractivity contribution >= 4 is 34.8 Å². The maximum atomic E-state index is 12.6. The Morgan fingerprint density at radius 1 is 1.00 bits per heavy atom. The molecular weight excluding hydrogens is 382 g/mol. The second kappa shape index (κ2) is 8.57. The molecule has 1 heterocycles. The van der Waals surface area contributed by atoms with Crippen molar-refractivity contribution in [3.63, 3.8) is 0 Å². The number of hydrogen-bond acceptors (Lipinski definition) is 4. The predicted molar refractivity (Wildman–Crippen MR) is 115 cm³/mol.